The van der Waals surface area contributed by atoms with E-state index in [2.05, 4.69) is 81.3 Å². The molecule has 4 rings (SSSR count). The van der Waals surface area contributed by atoms with Crippen molar-refractivity contribution in [3.63, 3.8) is 0 Å². The third kappa shape index (κ3) is 2.72. The van der Waals surface area contributed by atoms with Gasteiger partial charge in [-0.25, -0.2) is 0 Å². The molecule has 3 heteroatoms. The van der Waals surface area contributed by atoms with Crippen LogP contribution in [0, 0.1) is 3.57 Å². The highest BCUT2D eigenvalue weighted by molar-refractivity contribution is 14.1. The topological polar surface area (TPSA) is 24.7 Å². The second-order valence-corrected chi connectivity index (χ2v) is 6.58. The molecule has 110 valence electrons. The van der Waals surface area contributed by atoms with Crippen LogP contribution in [0.5, 0.6) is 0 Å². The molecule has 0 radical (unpaired) electrons. The first kappa shape index (κ1) is 14.3. The van der Waals surface area contributed by atoms with E-state index in [4.69, 9.17) is 0 Å². The maximum Gasteiger partial charge on any atom is 0.101 e. The molecular formula is C20H13IN2. The number of hydrogen-bond acceptors (Lipinski definition) is 2. The molecule has 2 nitrogen and oxygen atoms in total. The smallest absolute Gasteiger partial charge is 0.101 e. The van der Waals surface area contributed by atoms with Gasteiger partial charge < -0.3 is 0 Å². The number of fused-ring (bicyclic) bond motifs is 3. The first-order chi connectivity index (χ1) is 11.3. The van der Waals surface area contributed by atoms with Gasteiger partial charge in [0.25, 0.3) is 0 Å². The number of rotatable bonds is 2. The summed E-state index contributed by atoms with van der Waals surface area (Å²) in [4.78, 5) is 0. The molecule has 0 atom stereocenters. The van der Waals surface area contributed by atoms with E-state index < -0.39 is 0 Å². The molecule has 0 heterocycles. The summed E-state index contributed by atoms with van der Waals surface area (Å²) < 4.78 is 1.19. The van der Waals surface area contributed by atoms with Gasteiger partial charge in [-0.05, 0) is 51.4 Å². The van der Waals surface area contributed by atoms with Crippen LogP contribution in [-0.2, 0) is 0 Å². The Morgan fingerprint density at radius 2 is 1.30 bits per heavy atom. The molecule has 0 aromatic heterocycles. The van der Waals surface area contributed by atoms with Crippen LogP contribution in [0.3, 0.4) is 0 Å². The second kappa shape index (κ2) is 6.08. The van der Waals surface area contributed by atoms with E-state index in [1.54, 1.807) is 6.21 Å². The van der Waals surface area contributed by atoms with Gasteiger partial charge in [0.1, 0.15) is 5.71 Å². The van der Waals surface area contributed by atoms with Crippen LogP contribution >= 0.6 is 22.6 Å². The molecular weight excluding hydrogens is 395 g/mol. The minimum Gasteiger partial charge on any atom is -0.158 e. The lowest BCUT2D eigenvalue weighted by molar-refractivity contribution is 1.25. The van der Waals surface area contributed by atoms with Crippen molar-refractivity contribution < 1.29 is 0 Å². The Labute approximate surface area is 148 Å². The van der Waals surface area contributed by atoms with E-state index in [1.807, 2.05) is 24.3 Å². The predicted molar refractivity (Wildman–Crippen MR) is 104 cm³/mol. The maximum atomic E-state index is 4.51. The van der Waals surface area contributed by atoms with E-state index in [-0.39, 0.29) is 0 Å². The molecule has 23 heavy (non-hydrogen) atoms. The Bertz CT molecular complexity index is 894. The van der Waals surface area contributed by atoms with E-state index in [9.17, 15) is 0 Å². The molecule has 0 N–H and O–H groups in total. The molecule has 3 aromatic carbocycles. The van der Waals surface area contributed by atoms with Gasteiger partial charge in [0.15, 0.2) is 0 Å². The van der Waals surface area contributed by atoms with Crippen LogP contribution in [0.15, 0.2) is 83.0 Å². The van der Waals surface area contributed by atoms with Crippen LogP contribution in [-0.4, -0.2) is 11.9 Å². The fourth-order valence-electron chi connectivity index (χ4n) is 2.84. The molecule has 0 saturated carbocycles. The van der Waals surface area contributed by atoms with Gasteiger partial charge in [-0.15, -0.1) is 5.10 Å². The van der Waals surface area contributed by atoms with Crippen molar-refractivity contribution >= 4 is 34.5 Å². The highest BCUT2D eigenvalue weighted by Gasteiger charge is 2.23. The first-order valence-corrected chi connectivity index (χ1v) is 8.46. The van der Waals surface area contributed by atoms with E-state index in [0.717, 1.165) is 22.4 Å². The summed E-state index contributed by atoms with van der Waals surface area (Å²) in [5, 5.41) is 8.84. The fraction of sp³-hybridized carbons (Fsp3) is 0. The summed E-state index contributed by atoms with van der Waals surface area (Å²) in [6.07, 6.45) is 1.80. The summed E-state index contributed by atoms with van der Waals surface area (Å²) in [5.41, 5.74) is 6.75. The van der Waals surface area contributed by atoms with Crippen molar-refractivity contribution in [2.75, 3.05) is 0 Å². The summed E-state index contributed by atoms with van der Waals surface area (Å²) in [5.74, 6) is 0. The Morgan fingerprint density at radius 1 is 0.696 bits per heavy atom. The third-order valence-corrected chi connectivity index (χ3v) is 4.54. The minimum absolute atomic E-state index is 0.943. The Morgan fingerprint density at radius 3 is 1.91 bits per heavy atom. The summed E-state index contributed by atoms with van der Waals surface area (Å²) in [6, 6.07) is 24.9. The van der Waals surface area contributed by atoms with Gasteiger partial charge in [0.2, 0.25) is 0 Å². The first-order valence-electron chi connectivity index (χ1n) is 7.39. The van der Waals surface area contributed by atoms with E-state index in [1.165, 1.54) is 14.7 Å². The molecule has 0 spiro atoms. The fourth-order valence-corrected chi connectivity index (χ4v) is 3.41. The number of nitrogens with zero attached hydrogens (tertiary/aromatic N) is 2. The van der Waals surface area contributed by atoms with Crippen molar-refractivity contribution in [2.45, 2.75) is 0 Å². The highest BCUT2D eigenvalue weighted by atomic mass is 127. The number of hydrogen-bond donors (Lipinski definition) is 0. The Balaban J connectivity index is 1.76. The van der Waals surface area contributed by atoms with Crippen molar-refractivity contribution in [1.29, 1.82) is 0 Å². The molecule has 0 fully saturated rings. The molecule has 0 aliphatic heterocycles. The van der Waals surface area contributed by atoms with Crippen molar-refractivity contribution in [3.8, 4) is 11.1 Å². The maximum absolute atomic E-state index is 4.51. The third-order valence-electron chi connectivity index (χ3n) is 3.87. The quantitative estimate of drug-likeness (QED) is 0.249. The molecule has 1 aliphatic carbocycles. The predicted octanol–water partition coefficient (Wildman–Crippen LogP) is 5.14. The van der Waals surface area contributed by atoms with Crippen molar-refractivity contribution in [2.24, 2.45) is 10.2 Å². The summed E-state index contributed by atoms with van der Waals surface area (Å²) >= 11 is 2.30. The molecule has 0 bridgehead atoms. The Kier molecular flexibility index (Phi) is 3.79. The molecule has 0 saturated heterocycles. The summed E-state index contributed by atoms with van der Waals surface area (Å²) in [7, 11) is 0. The standard InChI is InChI=1S/C20H13IN2/c21-15-7-5-6-14(12-15)13-22-23-20-18-10-3-1-8-16(18)17-9-2-4-11-19(17)20/h1-13H/b22-13+. The monoisotopic (exact) mass is 408 g/mol. The average molecular weight is 408 g/mol. The highest BCUT2D eigenvalue weighted by Crippen LogP contribution is 2.36. The van der Waals surface area contributed by atoms with Gasteiger partial charge in [-0.1, -0.05) is 60.7 Å². The summed E-state index contributed by atoms with van der Waals surface area (Å²) in [6.45, 7) is 0. The van der Waals surface area contributed by atoms with Gasteiger partial charge in [0.05, 0.1) is 6.21 Å². The largest absolute Gasteiger partial charge is 0.158 e. The van der Waals surface area contributed by atoms with Crippen LogP contribution < -0.4 is 0 Å². The molecule has 3 aromatic rings. The lowest BCUT2D eigenvalue weighted by atomic mass is 10.1. The normalized spacial score (nSPS) is 12.3. The van der Waals surface area contributed by atoms with Gasteiger partial charge in [-0.3, -0.25) is 0 Å². The zero-order valence-electron chi connectivity index (χ0n) is 12.3. The zero-order chi connectivity index (χ0) is 15.6. The minimum atomic E-state index is 0.943. The van der Waals surface area contributed by atoms with Crippen LogP contribution in [0.25, 0.3) is 11.1 Å². The lowest BCUT2D eigenvalue weighted by Gasteiger charge is -1.98. The zero-order valence-corrected chi connectivity index (χ0v) is 14.4. The SMILES string of the molecule is Ic1cccc(/C=N/N=C2c3ccccc3-c3ccccc32)c1. The Hall–Kier alpha value is -2.27. The van der Waals surface area contributed by atoms with Gasteiger partial charge in [-0.2, -0.15) is 5.10 Å². The van der Waals surface area contributed by atoms with E-state index >= 15 is 0 Å². The average Bonchev–Trinajstić information content (AvgIpc) is 2.90. The second-order valence-electron chi connectivity index (χ2n) is 5.34. The molecule has 0 unspecified atom stereocenters. The van der Waals surface area contributed by atoms with Crippen molar-refractivity contribution in [3.05, 3.63) is 93.1 Å². The number of benzene rings is 3. The molecule has 0 amide bonds. The lowest BCUT2D eigenvalue weighted by Crippen LogP contribution is -1.97. The van der Waals surface area contributed by atoms with Crippen LogP contribution in [0.4, 0.5) is 0 Å². The van der Waals surface area contributed by atoms with Gasteiger partial charge >= 0.3 is 0 Å². The molecule has 1 aliphatic rings. The van der Waals surface area contributed by atoms with Crippen LogP contribution in [0.2, 0.25) is 0 Å². The van der Waals surface area contributed by atoms with Gasteiger partial charge in [0, 0.05) is 14.7 Å². The van der Waals surface area contributed by atoms with E-state index in [0.29, 0.717) is 0 Å². The number of halogens is 1. The van der Waals surface area contributed by atoms with Crippen LogP contribution in [0.1, 0.15) is 16.7 Å². The van der Waals surface area contributed by atoms with Crippen molar-refractivity contribution in [1.82, 2.24) is 0 Å².